The van der Waals surface area contributed by atoms with Gasteiger partial charge in [0.15, 0.2) is 0 Å². The number of ether oxygens (including phenoxy) is 1. The van der Waals surface area contributed by atoms with E-state index in [9.17, 15) is 4.39 Å². The summed E-state index contributed by atoms with van der Waals surface area (Å²) in [5.74, 6) is -0.845. The summed E-state index contributed by atoms with van der Waals surface area (Å²) in [5, 5.41) is 0.810. The number of methoxy groups -OCH3 is 1. The maximum Gasteiger partial charge on any atom is 0.255 e. The molecule has 0 spiro atoms. The fourth-order valence-corrected chi connectivity index (χ4v) is 2.17. The molecule has 3 rings (SSSR count). The second-order valence-corrected chi connectivity index (χ2v) is 4.57. The number of nitrogens with zero attached hydrogens (tertiary/aromatic N) is 4. The molecule has 102 valence electrons. The summed E-state index contributed by atoms with van der Waals surface area (Å²) in [7, 11) is 3.21. The minimum absolute atomic E-state index is 0.0695. The summed E-state index contributed by atoms with van der Waals surface area (Å²) in [5.41, 5.74) is 1.39. The molecule has 0 aliphatic rings. The lowest BCUT2D eigenvalue weighted by Gasteiger charge is -2.07. The van der Waals surface area contributed by atoms with Gasteiger partial charge < -0.3 is 9.30 Å². The number of hydrogen-bond donors (Lipinski definition) is 0. The van der Waals surface area contributed by atoms with Crippen molar-refractivity contribution in [2.24, 2.45) is 7.05 Å². The van der Waals surface area contributed by atoms with Gasteiger partial charge in [0.2, 0.25) is 11.1 Å². The Morgan fingerprint density at radius 1 is 1.35 bits per heavy atom. The summed E-state index contributed by atoms with van der Waals surface area (Å²) in [6.07, 6.45) is 3.43. The van der Waals surface area contributed by atoms with E-state index in [4.69, 9.17) is 16.3 Å². The van der Waals surface area contributed by atoms with Gasteiger partial charge in [0.1, 0.15) is 11.3 Å². The monoisotopic (exact) mass is 292 g/mol. The van der Waals surface area contributed by atoms with Crippen molar-refractivity contribution >= 4 is 22.6 Å². The van der Waals surface area contributed by atoms with Gasteiger partial charge in [-0.3, -0.25) is 0 Å². The van der Waals surface area contributed by atoms with Gasteiger partial charge in [0.05, 0.1) is 7.11 Å². The molecule has 0 unspecified atom stereocenters. The van der Waals surface area contributed by atoms with Crippen LogP contribution in [-0.2, 0) is 7.05 Å². The Bertz CT molecular complexity index is 802. The van der Waals surface area contributed by atoms with Crippen LogP contribution < -0.4 is 4.74 Å². The number of rotatable bonds is 2. The highest BCUT2D eigenvalue weighted by atomic mass is 35.5. The standard InChI is InChI=1S/C13H10ClFN4O/c1-19-4-3-7-5-8(6-16-11(7)19)10-9(15)12(20-2)18-13(14)17-10/h3-6H,1-2H3. The molecule has 0 saturated heterocycles. The van der Waals surface area contributed by atoms with E-state index in [1.165, 1.54) is 7.11 Å². The Hall–Kier alpha value is -2.21. The smallest absolute Gasteiger partial charge is 0.255 e. The van der Waals surface area contributed by atoms with Gasteiger partial charge in [0, 0.05) is 30.4 Å². The van der Waals surface area contributed by atoms with E-state index in [1.807, 2.05) is 23.9 Å². The van der Waals surface area contributed by atoms with Gasteiger partial charge in [-0.1, -0.05) is 0 Å². The predicted octanol–water partition coefficient (Wildman–Crippen LogP) is 2.83. The molecule has 0 aromatic carbocycles. The van der Waals surface area contributed by atoms with Crippen LogP contribution in [0, 0.1) is 5.82 Å². The second kappa shape index (κ2) is 4.72. The SMILES string of the molecule is COc1nc(Cl)nc(-c2cnc3c(ccn3C)c2)c1F. The molecule has 3 aromatic heterocycles. The summed E-state index contributed by atoms with van der Waals surface area (Å²) < 4.78 is 20.9. The van der Waals surface area contributed by atoms with Crippen LogP contribution in [0.3, 0.4) is 0 Å². The average Bonchev–Trinajstić information content (AvgIpc) is 2.82. The number of halogens is 2. The van der Waals surface area contributed by atoms with Crippen LogP contribution in [0.2, 0.25) is 5.28 Å². The third-order valence-corrected chi connectivity index (χ3v) is 3.14. The van der Waals surface area contributed by atoms with E-state index in [0.29, 0.717) is 5.56 Å². The van der Waals surface area contributed by atoms with Crippen LogP contribution in [-0.4, -0.2) is 26.6 Å². The van der Waals surface area contributed by atoms with Crippen LogP contribution in [0.25, 0.3) is 22.3 Å². The third-order valence-electron chi connectivity index (χ3n) is 2.97. The highest BCUT2D eigenvalue weighted by molar-refractivity contribution is 6.28. The van der Waals surface area contributed by atoms with E-state index < -0.39 is 5.82 Å². The quantitative estimate of drug-likeness (QED) is 0.682. The molecule has 0 aliphatic carbocycles. The largest absolute Gasteiger partial charge is 0.479 e. The Labute approximate surface area is 119 Å². The lowest BCUT2D eigenvalue weighted by atomic mass is 10.1. The molecule has 0 saturated carbocycles. The number of hydrogen-bond acceptors (Lipinski definition) is 4. The molecule has 0 amide bonds. The number of pyridine rings is 1. The van der Waals surface area contributed by atoms with Gasteiger partial charge in [-0.25, -0.2) is 9.97 Å². The van der Waals surface area contributed by atoms with Gasteiger partial charge in [-0.15, -0.1) is 0 Å². The Kier molecular flexibility index (Phi) is 3.02. The Morgan fingerprint density at radius 2 is 2.15 bits per heavy atom. The van der Waals surface area contributed by atoms with Crippen molar-refractivity contribution < 1.29 is 9.13 Å². The molecule has 0 radical (unpaired) electrons. The van der Waals surface area contributed by atoms with Crippen molar-refractivity contribution in [3.63, 3.8) is 0 Å². The first kappa shape index (κ1) is 12.8. The zero-order valence-corrected chi connectivity index (χ0v) is 11.5. The fourth-order valence-electron chi connectivity index (χ4n) is 2.01. The normalized spacial score (nSPS) is 11.0. The van der Waals surface area contributed by atoms with E-state index in [2.05, 4.69) is 15.0 Å². The van der Waals surface area contributed by atoms with Crippen molar-refractivity contribution in [1.29, 1.82) is 0 Å². The highest BCUT2D eigenvalue weighted by Crippen LogP contribution is 2.28. The van der Waals surface area contributed by atoms with Crippen LogP contribution in [0.5, 0.6) is 5.88 Å². The first-order chi connectivity index (χ1) is 9.60. The van der Waals surface area contributed by atoms with Crippen LogP contribution >= 0.6 is 11.6 Å². The number of aryl methyl sites for hydroxylation is 1. The number of fused-ring (bicyclic) bond motifs is 1. The van der Waals surface area contributed by atoms with E-state index in [1.54, 1.807) is 12.3 Å². The molecule has 5 nitrogen and oxygen atoms in total. The summed E-state index contributed by atoms with van der Waals surface area (Å²) in [6, 6.07) is 3.69. The first-order valence-corrected chi connectivity index (χ1v) is 6.16. The molecule has 0 fully saturated rings. The minimum atomic E-state index is -0.658. The van der Waals surface area contributed by atoms with Crippen LogP contribution in [0.1, 0.15) is 0 Å². The topological polar surface area (TPSA) is 52.8 Å². The molecule has 3 aromatic rings. The number of aromatic nitrogens is 4. The average molecular weight is 293 g/mol. The molecule has 0 aliphatic heterocycles. The molecular formula is C13H10ClFN4O. The summed E-state index contributed by atoms with van der Waals surface area (Å²) in [6.45, 7) is 0. The Balaban J connectivity index is 2.22. The lowest BCUT2D eigenvalue weighted by Crippen LogP contribution is -1.99. The van der Waals surface area contributed by atoms with Crippen LogP contribution in [0.4, 0.5) is 4.39 Å². The predicted molar refractivity (Wildman–Crippen MR) is 73.3 cm³/mol. The molecule has 20 heavy (non-hydrogen) atoms. The fraction of sp³-hybridized carbons (Fsp3) is 0.154. The zero-order valence-electron chi connectivity index (χ0n) is 10.8. The molecule has 7 heteroatoms. The molecule has 0 N–H and O–H groups in total. The minimum Gasteiger partial charge on any atom is -0.479 e. The first-order valence-electron chi connectivity index (χ1n) is 5.78. The Morgan fingerprint density at radius 3 is 2.90 bits per heavy atom. The van der Waals surface area contributed by atoms with E-state index in [-0.39, 0.29) is 16.9 Å². The maximum absolute atomic E-state index is 14.2. The lowest BCUT2D eigenvalue weighted by molar-refractivity contribution is 0.368. The van der Waals surface area contributed by atoms with E-state index in [0.717, 1.165) is 11.0 Å². The van der Waals surface area contributed by atoms with Crippen molar-refractivity contribution in [1.82, 2.24) is 19.5 Å². The molecule has 0 bridgehead atoms. The highest BCUT2D eigenvalue weighted by Gasteiger charge is 2.17. The van der Waals surface area contributed by atoms with Crippen LogP contribution in [0.15, 0.2) is 24.5 Å². The van der Waals surface area contributed by atoms with Crippen molar-refractivity contribution in [3.05, 3.63) is 35.6 Å². The third kappa shape index (κ3) is 1.98. The molecule has 3 heterocycles. The van der Waals surface area contributed by atoms with Gasteiger partial charge >= 0.3 is 0 Å². The van der Waals surface area contributed by atoms with Crippen molar-refractivity contribution in [2.45, 2.75) is 0 Å². The van der Waals surface area contributed by atoms with E-state index >= 15 is 0 Å². The molecule has 0 atom stereocenters. The molecular weight excluding hydrogens is 283 g/mol. The zero-order chi connectivity index (χ0) is 14.3. The summed E-state index contributed by atoms with van der Waals surface area (Å²) in [4.78, 5) is 11.9. The van der Waals surface area contributed by atoms with Crippen molar-refractivity contribution in [3.8, 4) is 17.1 Å². The maximum atomic E-state index is 14.2. The van der Waals surface area contributed by atoms with Gasteiger partial charge in [-0.2, -0.15) is 9.37 Å². The van der Waals surface area contributed by atoms with Gasteiger partial charge in [-0.05, 0) is 23.7 Å². The summed E-state index contributed by atoms with van der Waals surface area (Å²) >= 11 is 5.78. The van der Waals surface area contributed by atoms with Gasteiger partial charge in [0.25, 0.3) is 5.88 Å². The second-order valence-electron chi connectivity index (χ2n) is 4.23. The van der Waals surface area contributed by atoms with Crippen molar-refractivity contribution in [2.75, 3.05) is 7.11 Å².